The van der Waals surface area contributed by atoms with Crippen molar-refractivity contribution in [2.45, 2.75) is 13.0 Å². The van der Waals surface area contributed by atoms with Gasteiger partial charge in [0.1, 0.15) is 12.4 Å². The minimum atomic E-state index is -0.212. The third-order valence-electron chi connectivity index (χ3n) is 2.85. The zero-order valence-electron chi connectivity index (χ0n) is 11.1. The van der Waals surface area contributed by atoms with Crippen LogP contribution in [-0.4, -0.2) is 5.91 Å². The summed E-state index contributed by atoms with van der Waals surface area (Å²) in [6.07, 6.45) is 0.271. The molecule has 0 aliphatic carbocycles. The van der Waals surface area contributed by atoms with E-state index in [4.69, 9.17) is 10.6 Å². The van der Waals surface area contributed by atoms with E-state index in [0.29, 0.717) is 6.61 Å². The molecule has 0 fully saturated rings. The van der Waals surface area contributed by atoms with Crippen molar-refractivity contribution in [1.82, 2.24) is 5.43 Å². The van der Waals surface area contributed by atoms with Gasteiger partial charge < -0.3 is 4.74 Å². The summed E-state index contributed by atoms with van der Waals surface area (Å²) in [6.45, 7) is 0.449. The van der Waals surface area contributed by atoms with Crippen molar-refractivity contribution in [3.8, 4) is 5.75 Å². The summed E-state index contributed by atoms with van der Waals surface area (Å²) >= 11 is 6.91. The van der Waals surface area contributed by atoms with E-state index >= 15 is 0 Å². The maximum absolute atomic E-state index is 11.2. The second kappa shape index (κ2) is 7.59. The number of nitrogens with one attached hydrogen (secondary N) is 1. The molecule has 0 aliphatic heterocycles. The Morgan fingerprint density at radius 1 is 1.05 bits per heavy atom. The molecular formula is C15H14Br2N2O2. The van der Waals surface area contributed by atoms with Crippen LogP contribution in [0.15, 0.2) is 51.4 Å². The topological polar surface area (TPSA) is 64.3 Å². The largest absolute Gasteiger partial charge is 0.487 e. The Balaban J connectivity index is 1.99. The molecule has 0 atom stereocenters. The number of nitrogens with two attached hydrogens (primary N) is 1. The van der Waals surface area contributed by atoms with Gasteiger partial charge in [-0.15, -0.1) is 0 Å². The zero-order chi connectivity index (χ0) is 15.2. The lowest BCUT2D eigenvalue weighted by Gasteiger charge is -2.10. The molecule has 0 heterocycles. The van der Waals surface area contributed by atoms with Crippen LogP contribution in [0.4, 0.5) is 0 Å². The summed E-state index contributed by atoms with van der Waals surface area (Å²) in [5.74, 6) is 5.62. The first-order chi connectivity index (χ1) is 10.1. The van der Waals surface area contributed by atoms with E-state index in [1.165, 1.54) is 0 Å². The number of amides is 1. The van der Waals surface area contributed by atoms with Gasteiger partial charge in [0.15, 0.2) is 0 Å². The van der Waals surface area contributed by atoms with Crippen LogP contribution in [0.2, 0.25) is 0 Å². The minimum Gasteiger partial charge on any atom is -0.487 e. The maximum atomic E-state index is 11.2. The van der Waals surface area contributed by atoms with Crippen molar-refractivity contribution in [2.24, 2.45) is 5.84 Å². The molecule has 0 aromatic heterocycles. The van der Waals surface area contributed by atoms with Crippen LogP contribution >= 0.6 is 31.9 Å². The van der Waals surface area contributed by atoms with Gasteiger partial charge in [-0.1, -0.05) is 30.3 Å². The summed E-state index contributed by atoms with van der Waals surface area (Å²) in [5, 5.41) is 0. The molecule has 2 rings (SSSR count). The highest BCUT2D eigenvalue weighted by atomic mass is 79.9. The average molecular weight is 414 g/mol. The van der Waals surface area contributed by atoms with Gasteiger partial charge in [0.2, 0.25) is 5.91 Å². The van der Waals surface area contributed by atoms with E-state index in [1.807, 2.05) is 42.5 Å². The molecule has 0 saturated carbocycles. The number of carbonyl (C=O) groups is 1. The van der Waals surface area contributed by atoms with Gasteiger partial charge in [0.25, 0.3) is 0 Å². The monoisotopic (exact) mass is 412 g/mol. The lowest BCUT2D eigenvalue weighted by atomic mass is 10.1. The predicted octanol–water partition coefficient (Wildman–Crippen LogP) is 3.32. The lowest BCUT2D eigenvalue weighted by molar-refractivity contribution is -0.120. The summed E-state index contributed by atoms with van der Waals surface area (Å²) in [7, 11) is 0. The number of ether oxygens (including phenoxy) is 1. The first-order valence-electron chi connectivity index (χ1n) is 6.24. The Hall–Kier alpha value is -1.37. The van der Waals surface area contributed by atoms with Crippen LogP contribution in [0, 0.1) is 0 Å². The smallest absolute Gasteiger partial charge is 0.238 e. The summed E-state index contributed by atoms with van der Waals surface area (Å²) in [4.78, 5) is 11.2. The van der Waals surface area contributed by atoms with Crippen LogP contribution in [0.3, 0.4) is 0 Å². The predicted molar refractivity (Wildman–Crippen MR) is 88.7 cm³/mol. The van der Waals surface area contributed by atoms with Crippen molar-refractivity contribution in [3.63, 3.8) is 0 Å². The van der Waals surface area contributed by atoms with Crippen LogP contribution in [0.25, 0.3) is 0 Å². The molecule has 6 heteroatoms. The van der Waals surface area contributed by atoms with E-state index < -0.39 is 0 Å². The molecule has 2 aromatic rings. The highest BCUT2D eigenvalue weighted by Gasteiger charge is 2.06. The molecule has 1 amide bonds. The lowest BCUT2D eigenvalue weighted by Crippen LogP contribution is -2.31. The number of hydrogen-bond acceptors (Lipinski definition) is 3. The quantitative estimate of drug-likeness (QED) is 0.449. The molecule has 0 radical (unpaired) electrons. The highest BCUT2D eigenvalue weighted by molar-refractivity contribution is 9.11. The fourth-order valence-electron chi connectivity index (χ4n) is 1.77. The van der Waals surface area contributed by atoms with Crippen molar-refractivity contribution in [1.29, 1.82) is 0 Å². The second-order valence-electron chi connectivity index (χ2n) is 4.40. The third kappa shape index (κ3) is 4.56. The van der Waals surface area contributed by atoms with Gasteiger partial charge in [-0.05, 0) is 55.1 Å². The molecule has 110 valence electrons. The van der Waals surface area contributed by atoms with Gasteiger partial charge in [0.05, 0.1) is 15.4 Å². The Kier molecular flexibility index (Phi) is 5.78. The average Bonchev–Trinajstić information content (AvgIpc) is 2.48. The standard InChI is InChI=1S/C15H14Br2N2O2/c16-12-2-1-3-13(17)15(12)21-9-11-6-4-10(5-7-11)8-14(20)19-18/h1-7H,8-9,18H2,(H,19,20). The Morgan fingerprint density at radius 2 is 1.62 bits per heavy atom. The van der Waals surface area contributed by atoms with E-state index in [-0.39, 0.29) is 12.3 Å². The van der Waals surface area contributed by atoms with Gasteiger partial charge in [0, 0.05) is 0 Å². The van der Waals surface area contributed by atoms with Gasteiger partial charge in [-0.2, -0.15) is 0 Å². The fraction of sp³-hybridized carbons (Fsp3) is 0.133. The van der Waals surface area contributed by atoms with Crippen LogP contribution < -0.4 is 16.0 Å². The summed E-state index contributed by atoms with van der Waals surface area (Å²) < 4.78 is 7.60. The van der Waals surface area contributed by atoms with Crippen LogP contribution in [0.5, 0.6) is 5.75 Å². The highest BCUT2D eigenvalue weighted by Crippen LogP contribution is 2.33. The second-order valence-corrected chi connectivity index (χ2v) is 6.11. The molecule has 2 aromatic carbocycles. The molecule has 0 aliphatic rings. The van der Waals surface area contributed by atoms with Gasteiger partial charge in [-0.3, -0.25) is 10.2 Å². The van der Waals surface area contributed by atoms with E-state index in [9.17, 15) is 4.79 Å². The molecule has 3 N–H and O–H groups in total. The molecule has 0 saturated heterocycles. The Labute approximate surface area is 139 Å². The number of carbonyl (C=O) groups excluding carboxylic acids is 1. The van der Waals surface area contributed by atoms with Crippen molar-refractivity contribution >= 4 is 37.8 Å². The summed E-state index contributed by atoms with van der Waals surface area (Å²) in [5.41, 5.74) is 4.04. The third-order valence-corrected chi connectivity index (χ3v) is 4.10. The molecule has 21 heavy (non-hydrogen) atoms. The summed E-state index contributed by atoms with van der Waals surface area (Å²) in [6, 6.07) is 13.4. The Bertz CT molecular complexity index is 610. The SMILES string of the molecule is NNC(=O)Cc1ccc(COc2c(Br)cccc2Br)cc1. The first-order valence-corrected chi connectivity index (χ1v) is 7.83. The Morgan fingerprint density at radius 3 is 2.19 bits per heavy atom. The normalized spacial score (nSPS) is 10.2. The molecule has 0 unspecified atom stereocenters. The number of rotatable bonds is 5. The molecule has 0 bridgehead atoms. The molecular weight excluding hydrogens is 400 g/mol. The number of hydrogen-bond donors (Lipinski definition) is 2. The van der Waals surface area contributed by atoms with E-state index in [1.54, 1.807) is 0 Å². The fourth-order valence-corrected chi connectivity index (χ4v) is 2.99. The molecule has 4 nitrogen and oxygen atoms in total. The number of benzene rings is 2. The van der Waals surface area contributed by atoms with Crippen LogP contribution in [0.1, 0.15) is 11.1 Å². The van der Waals surface area contributed by atoms with E-state index in [2.05, 4.69) is 37.3 Å². The maximum Gasteiger partial charge on any atom is 0.238 e. The van der Waals surface area contributed by atoms with Gasteiger partial charge >= 0.3 is 0 Å². The van der Waals surface area contributed by atoms with Crippen molar-refractivity contribution < 1.29 is 9.53 Å². The van der Waals surface area contributed by atoms with E-state index in [0.717, 1.165) is 25.8 Å². The first kappa shape index (κ1) is 16.0. The van der Waals surface area contributed by atoms with Crippen molar-refractivity contribution in [2.75, 3.05) is 0 Å². The number of halogens is 2. The van der Waals surface area contributed by atoms with Crippen LogP contribution in [-0.2, 0) is 17.8 Å². The number of para-hydroxylation sites is 1. The van der Waals surface area contributed by atoms with Gasteiger partial charge in [-0.25, -0.2) is 5.84 Å². The zero-order valence-corrected chi connectivity index (χ0v) is 14.3. The molecule has 0 spiro atoms. The minimum absolute atomic E-state index is 0.212. The van der Waals surface area contributed by atoms with Crippen molar-refractivity contribution in [3.05, 3.63) is 62.5 Å². The number of hydrazine groups is 1.